The van der Waals surface area contributed by atoms with Crippen LogP contribution in [0.15, 0.2) is 48.5 Å². The number of thioether (sulfide) groups is 1. The number of amides is 1. The Balaban J connectivity index is 1.70. The average molecular weight is 329 g/mol. The first-order chi connectivity index (χ1) is 11.2. The Morgan fingerprint density at radius 1 is 1.17 bits per heavy atom. The van der Waals surface area contributed by atoms with Gasteiger partial charge in [-0.3, -0.25) is 4.79 Å². The van der Waals surface area contributed by atoms with Gasteiger partial charge in [0.15, 0.2) is 0 Å². The molecule has 4 heteroatoms. The van der Waals surface area contributed by atoms with Crippen molar-refractivity contribution in [2.24, 2.45) is 0 Å². The molecule has 1 N–H and O–H groups in total. The molecule has 0 saturated heterocycles. The van der Waals surface area contributed by atoms with E-state index < -0.39 is 0 Å². The highest BCUT2D eigenvalue weighted by atomic mass is 32.2. The Labute approximate surface area is 142 Å². The third kappa shape index (κ3) is 5.99. The van der Waals surface area contributed by atoms with Crippen LogP contribution in [0, 0.1) is 6.92 Å². The number of rotatable bonds is 8. The average Bonchev–Trinajstić information content (AvgIpc) is 2.56. The first-order valence-electron chi connectivity index (χ1n) is 7.75. The largest absolute Gasteiger partial charge is 0.495 e. The van der Waals surface area contributed by atoms with E-state index in [2.05, 4.69) is 29.6 Å². The van der Waals surface area contributed by atoms with Crippen LogP contribution in [0.25, 0.3) is 0 Å². The number of carbonyl (C=O) groups is 1. The van der Waals surface area contributed by atoms with Crippen LogP contribution in [-0.4, -0.2) is 24.5 Å². The SMILES string of the molecule is COc1ccc(C)cc1NC(=O)CSCCCc1ccccc1. The van der Waals surface area contributed by atoms with Gasteiger partial charge in [0.25, 0.3) is 0 Å². The summed E-state index contributed by atoms with van der Waals surface area (Å²) in [6.07, 6.45) is 2.14. The third-order valence-electron chi connectivity index (χ3n) is 3.46. The molecule has 0 atom stereocenters. The van der Waals surface area contributed by atoms with E-state index in [1.54, 1.807) is 18.9 Å². The summed E-state index contributed by atoms with van der Waals surface area (Å²) in [6, 6.07) is 16.2. The molecule has 122 valence electrons. The number of hydrogen-bond acceptors (Lipinski definition) is 3. The number of carbonyl (C=O) groups excluding carboxylic acids is 1. The van der Waals surface area contributed by atoms with Crippen LogP contribution >= 0.6 is 11.8 Å². The number of methoxy groups -OCH3 is 1. The van der Waals surface area contributed by atoms with Crippen molar-refractivity contribution in [3.05, 3.63) is 59.7 Å². The molecule has 0 aliphatic heterocycles. The molecular formula is C19H23NO2S. The fourth-order valence-electron chi connectivity index (χ4n) is 2.29. The second-order valence-electron chi connectivity index (χ2n) is 5.39. The van der Waals surface area contributed by atoms with Gasteiger partial charge in [0.2, 0.25) is 5.91 Å². The quantitative estimate of drug-likeness (QED) is 0.734. The van der Waals surface area contributed by atoms with Gasteiger partial charge < -0.3 is 10.1 Å². The molecule has 2 rings (SSSR count). The zero-order chi connectivity index (χ0) is 16.5. The lowest BCUT2D eigenvalue weighted by molar-refractivity contribution is -0.113. The summed E-state index contributed by atoms with van der Waals surface area (Å²) in [5.74, 6) is 2.15. The second-order valence-corrected chi connectivity index (χ2v) is 6.50. The molecule has 0 bridgehead atoms. The summed E-state index contributed by atoms with van der Waals surface area (Å²) in [5.41, 5.74) is 3.18. The van der Waals surface area contributed by atoms with Crippen molar-refractivity contribution in [3.8, 4) is 5.75 Å². The Bertz CT molecular complexity index is 629. The topological polar surface area (TPSA) is 38.3 Å². The van der Waals surface area contributed by atoms with Gasteiger partial charge in [-0.05, 0) is 48.8 Å². The monoisotopic (exact) mass is 329 g/mol. The van der Waals surface area contributed by atoms with E-state index in [0.29, 0.717) is 11.5 Å². The van der Waals surface area contributed by atoms with Gasteiger partial charge in [0.05, 0.1) is 18.6 Å². The molecule has 0 fully saturated rings. The van der Waals surface area contributed by atoms with Gasteiger partial charge in [-0.15, -0.1) is 0 Å². The van der Waals surface area contributed by atoms with Crippen LogP contribution < -0.4 is 10.1 Å². The highest BCUT2D eigenvalue weighted by molar-refractivity contribution is 7.99. The van der Waals surface area contributed by atoms with Crippen molar-refractivity contribution in [3.63, 3.8) is 0 Å². The van der Waals surface area contributed by atoms with E-state index in [1.165, 1.54) is 5.56 Å². The minimum atomic E-state index is 0.0126. The number of hydrogen-bond donors (Lipinski definition) is 1. The van der Waals surface area contributed by atoms with Crippen LogP contribution in [-0.2, 0) is 11.2 Å². The zero-order valence-corrected chi connectivity index (χ0v) is 14.5. The molecule has 0 aliphatic rings. The van der Waals surface area contributed by atoms with Crippen LogP contribution in [0.1, 0.15) is 17.5 Å². The predicted octanol–water partition coefficient (Wildman–Crippen LogP) is 4.31. The molecular weight excluding hydrogens is 306 g/mol. The molecule has 0 aromatic heterocycles. The smallest absolute Gasteiger partial charge is 0.234 e. The minimum absolute atomic E-state index is 0.0126. The molecule has 3 nitrogen and oxygen atoms in total. The summed E-state index contributed by atoms with van der Waals surface area (Å²) < 4.78 is 5.27. The molecule has 0 unspecified atom stereocenters. The molecule has 0 radical (unpaired) electrons. The zero-order valence-electron chi connectivity index (χ0n) is 13.7. The molecule has 23 heavy (non-hydrogen) atoms. The number of ether oxygens (including phenoxy) is 1. The Kier molecular flexibility index (Phi) is 7.01. The maximum Gasteiger partial charge on any atom is 0.234 e. The summed E-state index contributed by atoms with van der Waals surface area (Å²) in [5, 5.41) is 2.93. The van der Waals surface area contributed by atoms with E-state index in [0.717, 1.165) is 29.8 Å². The first-order valence-corrected chi connectivity index (χ1v) is 8.90. The lowest BCUT2D eigenvalue weighted by Gasteiger charge is -2.11. The Morgan fingerprint density at radius 3 is 2.70 bits per heavy atom. The molecule has 0 heterocycles. The molecule has 1 amide bonds. The summed E-state index contributed by atoms with van der Waals surface area (Å²) >= 11 is 1.66. The molecule has 0 aliphatic carbocycles. The van der Waals surface area contributed by atoms with Crippen LogP contribution in [0.4, 0.5) is 5.69 Å². The number of nitrogens with one attached hydrogen (secondary N) is 1. The Morgan fingerprint density at radius 2 is 1.96 bits per heavy atom. The Hall–Kier alpha value is -1.94. The summed E-state index contributed by atoms with van der Waals surface area (Å²) in [4.78, 5) is 12.0. The number of benzene rings is 2. The van der Waals surface area contributed by atoms with Crippen molar-refractivity contribution in [1.29, 1.82) is 0 Å². The summed E-state index contributed by atoms with van der Waals surface area (Å²) in [6.45, 7) is 1.99. The normalized spacial score (nSPS) is 10.3. The molecule has 0 saturated carbocycles. The van der Waals surface area contributed by atoms with Gasteiger partial charge in [0.1, 0.15) is 5.75 Å². The van der Waals surface area contributed by atoms with E-state index in [4.69, 9.17) is 4.74 Å². The fourth-order valence-corrected chi connectivity index (χ4v) is 3.04. The van der Waals surface area contributed by atoms with Crippen molar-refractivity contribution < 1.29 is 9.53 Å². The molecule has 2 aromatic carbocycles. The van der Waals surface area contributed by atoms with Gasteiger partial charge in [-0.25, -0.2) is 0 Å². The van der Waals surface area contributed by atoms with E-state index in [9.17, 15) is 4.79 Å². The van der Waals surface area contributed by atoms with Gasteiger partial charge in [-0.2, -0.15) is 11.8 Å². The minimum Gasteiger partial charge on any atom is -0.495 e. The lowest BCUT2D eigenvalue weighted by Crippen LogP contribution is -2.15. The second kappa shape index (κ2) is 9.26. The predicted molar refractivity (Wildman–Crippen MR) is 98.4 cm³/mol. The first kappa shape index (κ1) is 17.4. The van der Waals surface area contributed by atoms with Crippen LogP contribution in [0.5, 0.6) is 5.75 Å². The van der Waals surface area contributed by atoms with Crippen molar-refractivity contribution in [1.82, 2.24) is 0 Å². The summed E-state index contributed by atoms with van der Waals surface area (Å²) in [7, 11) is 1.61. The lowest BCUT2D eigenvalue weighted by atomic mass is 10.1. The van der Waals surface area contributed by atoms with E-state index in [-0.39, 0.29) is 5.91 Å². The van der Waals surface area contributed by atoms with Gasteiger partial charge in [-0.1, -0.05) is 36.4 Å². The van der Waals surface area contributed by atoms with Crippen molar-refractivity contribution >= 4 is 23.4 Å². The highest BCUT2D eigenvalue weighted by Crippen LogP contribution is 2.25. The number of anilines is 1. The molecule has 0 spiro atoms. The van der Waals surface area contributed by atoms with Gasteiger partial charge >= 0.3 is 0 Å². The van der Waals surface area contributed by atoms with Crippen molar-refractivity contribution in [2.75, 3.05) is 23.9 Å². The maximum absolute atomic E-state index is 12.0. The fraction of sp³-hybridized carbons (Fsp3) is 0.316. The molecule has 2 aromatic rings. The highest BCUT2D eigenvalue weighted by Gasteiger charge is 2.07. The van der Waals surface area contributed by atoms with E-state index in [1.807, 2.05) is 31.2 Å². The standard InChI is InChI=1S/C19H23NO2S/c1-15-10-11-18(22-2)17(13-15)20-19(21)14-23-12-6-9-16-7-4-3-5-8-16/h3-5,7-8,10-11,13H,6,9,12,14H2,1-2H3,(H,20,21). The van der Waals surface area contributed by atoms with Crippen molar-refractivity contribution in [2.45, 2.75) is 19.8 Å². The van der Waals surface area contributed by atoms with Crippen LogP contribution in [0.3, 0.4) is 0 Å². The van der Waals surface area contributed by atoms with E-state index >= 15 is 0 Å². The maximum atomic E-state index is 12.0. The van der Waals surface area contributed by atoms with Gasteiger partial charge in [0, 0.05) is 0 Å². The number of aryl methyl sites for hydroxylation is 2. The van der Waals surface area contributed by atoms with Crippen LogP contribution in [0.2, 0.25) is 0 Å². The third-order valence-corrected chi connectivity index (χ3v) is 4.50.